The largest absolute Gasteiger partial charge is 0.382 e. The Morgan fingerprint density at radius 2 is 2.10 bits per heavy atom. The fourth-order valence-electron chi connectivity index (χ4n) is 2.02. The van der Waals surface area contributed by atoms with Crippen molar-refractivity contribution in [2.24, 2.45) is 0 Å². The number of anilines is 2. The predicted octanol–water partition coefficient (Wildman–Crippen LogP) is 3.47. The standard InChI is InChI=1S/C14H15N5S2/c1-8-4-3-5-10(17-8)6-16-14-12(13(15)19-21-14)11-7-20-9(2)18-11/h3-5,7,16H,6H2,1-2H3,(H2,15,19). The van der Waals surface area contributed by atoms with Crippen LogP contribution in [-0.2, 0) is 6.54 Å². The summed E-state index contributed by atoms with van der Waals surface area (Å²) in [5.74, 6) is 0.519. The molecule has 3 heterocycles. The molecule has 0 radical (unpaired) electrons. The van der Waals surface area contributed by atoms with Gasteiger partial charge in [0.2, 0.25) is 0 Å². The maximum Gasteiger partial charge on any atom is 0.148 e. The second kappa shape index (κ2) is 5.79. The van der Waals surface area contributed by atoms with Gasteiger partial charge in [-0.3, -0.25) is 4.98 Å². The highest BCUT2D eigenvalue weighted by atomic mass is 32.1. The molecule has 7 heteroatoms. The van der Waals surface area contributed by atoms with Crippen molar-refractivity contribution in [1.29, 1.82) is 0 Å². The minimum atomic E-state index is 0.519. The highest BCUT2D eigenvalue weighted by Crippen LogP contribution is 2.37. The summed E-state index contributed by atoms with van der Waals surface area (Å²) in [5.41, 5.74) is 9.74. The molecule has 0 aromatic carbocycles. The molecular weight excluding hydrogens is 302 g/mol. The Hall–Kier alpha value is -1.99. The lowest BCUT2D eigenvalue weighted by atomic mass is 10.2. The molecule has 0 aliphatic carbocycles. The number of nitrogens with two attached hydrogens (primary N) is 1. The second-order valence-electron chi connectivity index (χ2n) is 4.65. The van der Waals surface area contributed by atoms with Gasteiger partial charge in [-0.1, -0.05) is 6.07 Å². The van der Waals surface area contributed by atoms with Crippen molar-refractivity contribution in [3.05, 3.63) is 40.0 Å². The third-order valence-electron chi connectivity index (χ3n) is 2.97. The molecule has 5 nitrogen and oxygen atoms in total. The first-order chi connectivity index (χ1) is 10.1. The fraction of sp³-hybridized carbons (Fsp3) is 0.214. The highest BCUT2D eigenvalue weighted by Gasteiger charge is 2.16. The van der Waals surface area contributed by atoms with Crippen molar-refractivity contribution in [1.82, 2.24) is 14.3 Å². The molecule has 0 fully saturated rings. The lowest BCUT2D eigenvalue weighted by Gasteiger charge is -2.06. The third-order valence-corrected chi connectivity index (χ3v) is 4.56. The van der Waals surface area contributed by atoms with E-state index in [-0.39, 0.29) is 0 Å². The summed E-state index contributed by atoms with van der Waals surface area (Å²) in [7, 11) is 0. The number of nitrogen functional groups attached to an aromatic ring is 1. The first-order valence-corrected chi connectivity index (χ1v) is 8.13. The van der Waals surface area contributed by atoms with Gasteiger partial charge in [0, 0.05) is 11.1 Å². The molecule has 21 heavy (non-hydrogen) atoms. The molecule has 0 aliphatic rings. The van der Waals surface area contributed by atoms with Gasteiger partial charge in [-0.25, -0.2) is 4.98 Å². The van der Waals surface area contributed by atoms with Gasteiger partial charge in [0.05, 0.1) is 28.5 Å². The van der Waals surface area contributed by atoms with E-state index in [4.69, 9.17) is 5.73 Å². The molecule has 0 spiro atoms. The number of thiazole rings is 1. The van der Waals surface area contributed by atoms with E-state index in [9.17, 15) is 0 Å². The first-order valence-electron chi connectivity index (χ1n) is 6.47. The van der Waals surface area contributed by atoms with Crippen molar-refractivity contribution in [3.8, 4) is 11.3 Å². The quantitative estimate of drug-likeness (QED) is 0.770. The summed E-state index contributed by atoms with van der Waals surface area (Å²) in [6.45, 7) is 4.60. The van der Waals surface area contributed by atoms with E-state index in [0.717, 1.165) is 32.7 Å². The summed E-state index contributed by atoms with van der Waals surface area (Å²) in [6, 6.07) is 5.99. The van der Waals surface area contributed by atoms with E-state index in [2.05, 4.69) is 19.7 Å². The number of aromatic nitrogens is 3. The van der Waals surface area contributed by atoms with Crippen molar-refractivity contribution in [2.75, 3.05) is 11.1 Å². The van der Waals surface area contributed by atoms with Gasteiger partial charge < -0.3 is 11.1 Å². The zero-order chi connectivity index (χ0) is 14.8. The first kappa shape index (κ1) is 14.0. The Morgan fingerprint density at radius 1 is 1.24 bits per heavy atom. The van der Waals surface area contributed by atoms with Gasteiger partial charge in [0.25, 0.3) is 0 Å². The summed E-state index contributed by atoms with van der Waals surface area (Å²) < 4.78 is 4.23. The Morgan fingerprint density at radius 3 is 2.81 bits per heavy atom. The molecule has 0 unspecified atom stereocenters. The van der Waals surface area contributed by atoms with Crippen LogP contribution < -0.4 is 11.1 Å². The molecule has 0 atom stereocenters. The minimum Gasteiger partial charge on any atom is -0.382 e. The van der Waals surface area contributed by atoms with Crippen LogP contribution in [0.15, 0.2) is 23.6 Å². The van der Waals surface area contributed by atoms with E-state index in [1.54, 1.807) is 11.3 Å². The molecule has 0 saturated heterocycles. The molecular formula is C14H15N5S2. The summed E-state index contributed by atoms with van der Waals surface area (Å²) >= 11 is 2.96. The number of pyridine rings is 1. The highest BCUT2D eigenvalue weighted by molar-refractivity contribution is 7.11. The van der Waals surface area contributed by atoms with Crippen LogP contribution in [0.2, 0.25) is 0 Å². The average molecular weight is 317 g/mol. The number of aryl methyl sites for hydroxylation is 2. The normalized spacial score (nSPS) is 10.8. The third kappa shape index (κ3) is 3.03. The SMILES string of the molecule is Cc1cccc(CNc2snc(N)c2-c2csc(C)n2)n1. The Balaban J connectivity index is 1.83. The molecule has 3 aromatic rings. The zero-order valence-corrected chi connectivity index (χ0v) is 13.4. The number of hydrogen-bond acceptors (Lipinski definition) is 7. The van der Waals surface area contributed by atoms with E-state index in [1.807, 2.05) is 37.4 Å². The van der Waals surface area contributed by atoms with Crippen molar-refractivity contribution in [3.63, 3.8) is 0 Å². The van der Waals surface area contributed by atoms with Crippen LogP contribution in [0.3, 0.4) is 0 Å². The van der Waals surface area contributed by atoms with Gasteiger partial charge in [0.15, 0.2) is 0 Å². The number of rotatable bonds is 4. The van der Waals surface area contributed by atoms with Crippen LogP contribution in [0.25, 0.3) is 11.3 Å². The Labute approximate surface area is 131 Å². The van der Waals surface area contributed by atoms with Crippen molar-refractivity contribution < 1.29 is 0 Å². The molecule has 3 rings (SSSR count). The van der Waals surface area contributed by atoms with E-state index in [1.165, 1.54) is 11.5 Å². The lowest BCUT2D eigenvalue weighted by Crippen LogP contribution is -2.02. The summed E-state index contributed by atoms with van der Waals surface area (Å²) in [5, 5.41) is 7.32. The molecule has 0 aliphatic heterocycles. The van der Waals surface area contributed by atoms with Gasteiger partial charge in [-0.2, -0.15) is 4.37 Å². The number of nitrogens with one attached hydrogen (secondary N) is 1. The molecule has 108 valence electrons. The van der Waals surface area contributed by atoms with Crippen LogP contribution >= 0.6 is 22.9 Å². The van der Waals surface area contributed by atoms with E-state index >= 15 is 0 Å². The maximum absolute atomic E-state index is 5.98. The molecule has 3 aromatic heterocycles. The lowest BCUT2D eigenvalue weighted by molar-refractivity contribution is 1.02. The van der Waals surface area contributed by atoms with E-state index in [0.29, 0.717) is 12.4 Å². The van der Waals surface area contributed by atoms with Gasteiger partial charge in [0.1, 0.15) is 10.8 Å². The minimum absolute atomic E-state index is 0.519. The van der Waals surface area contributed by atoms with Crippen LogP contribution in [0.1, 0.15) is 16.4 Å². The Bertz CT molecular complexity index is 762. The topological polar surface area (TPSA) is 76.7 Å². The smallest absolute Gasteiger partial charge is 0.148 e. The van der Waals surface area contributed by atoms with Crippen molar-refractivity contribution in [2.45, 2.75) is 20.4 Å². The van der Waals surface area contributed by atoms with Gasteiger partial charge in [-0.05, 0) is 37.5 Å². The molecule has 0 amide bonds. The average Bonchev–Trinajstić information content (AvgIpc) is 3.02. The van der Waals surface area contributed by atoms with Crippen LogP contribution in [0.5, 0.6) is 0 Å². The predicted molar refractivity (Wildman–Crippen MR) is 88.7 cm³/mol. The number of nitrogens with zero attached hydrogens (tertiary/aromatic N) is 3. The fourth-order valence-corrected chi connectivity index (χ4v) is 3.34. The second-order valence-corrected chi connectivity index (χ2v) is 6.48. The van der Waals surface area contributed by atoms with Crippen molar-refractivity contribution >= 4 is 33.7 Å². The van der Waals surface area contributed by atoms with Crippen LogP contribution in [0, 0.1) is 13.8 Å². The maximum atomic E-state index is 5.98. The molecule has 0 bridgehead atoms. The number of hydrogen-bond donors (Lipinski definition) is 2. The molecule has 3 N–H and O–H groups in total. The molecule has 0 saturated carbocycles. The summed E-state index contributed by atoms with van der Waals surface area (Å²) in [4.78, 5) is 8.97. The van der Waals surface area contributed by atoms with Crippen LogP contribution in [0.4, 0.5) is 10.8 Å². The van der Waals surface area contributed by atoms with Crippen LogP contribution in [-0.4, -0.2) is 14.3 Å². The Kier molecular flexibility index (Phi) is 3.85. The monoisotopic (exact) mass is 317 g/mol. The summed E-state index contributed by atoms with van der Waals surface area (Å²) in [6.07, 6.45) is 0. The zero-order valence-electron chi connectivity index (χ0n) is 11.8. The van der Waals surface area contributed by atoms with Gasteiger partial charge in [-0.15, -0.1) is 11.3 Å². The van der Waals surface area contributed by atoms with E-state index < -0.39 is 0 Å². The van der Waals surface area contributed by atoms with Gasteiger partial charge >= 0.3 is 0 Å².